The fraction of sp³-hybridized carbons (Fsp3) is 0.538. The number of alkyl halides is 1. The number of ether oxygens (including phenoxy) is 1. The quantitative estimate of drug-likeness (QED) is 0.798. The third kappa shape index (κ3) is 3.69. The molecule has 1 aliphatic heterocycles. The lowest BCUT2D eigenvalue weighted by molar-refractivity contribution is -0.0152. The van der Waals surface area contributed by atoms with Gasteiger partial charge in [0.2, 0.25) is 10.0 Å². The molecule has 1 aromatic rings. The van der Waals surface area contributed by atoms with Crippen molar-refractivity contribution >= 4 is 21.6 Å². The molecule has 1 fully saturated rings. The molecule has 4 nitrogen and oxygen atoms in total. The Labute approximate surface area is 119 Å². The van der Waals surface area contributed by atoms with Crippen molar-refractivity contribution in [3.63, 3.8) is 0 Å². The smallest absolute Gasteiger partial charge is 0.218 e. The fourth-order valence-corrected chi connectivity index (χ4v) is 4.11. The zero-order valence-corrected chi connectivity index (χ0v) is 12.4. The van der Waals surface area contributed by atoms with E-state index >= 15 is 0 Å². The molecule has 0 aliphatic carbocycles. The molecular weight excluding hydrogens is 286 g/mol. The van der Waals surface area contributed by atoms with Crippen LogP contribution in [0.2, 0.25) is 0 Å². The van der Waals surface area contributed by atoms with Gasteiger partial charge in [0.15, 0.2) is 0 Å². The zero-order chi connectivity index (χ0) is 13.9. The highest BCUT2D eigenvalue weighted by Gasteiger charge is 2.34. The Morgan fingerprint density at radius 1 is 1.37 bits per heavy atom. The van der Waals surface area contributed by atoms with Crippen molar-refractivity contribution in [2.24, 2.45) is 0 Å². The first-order chi connectivity index (χ1) is 9.03. The Morgan fingerprint density at radius 3 is 2.68 bits per heavy atom. The van der Waals surface area contributed by atoms with E-state index in [1.165, 1.54) is 4.31 Å². The van der Waals surface area contributed by atoms with Crippen LogP contribution in [0.3, 0.4) is 0 Å². The summed E-state index contributed by atoms with van der Waals surface area (Å²) in [6.07, 6.45) is -0.219. The normalized spacial score (nSPS) is 25.4. The molecule has 106 valence electrons. The van der Waals surface area contributed by atoms with Crippen molar-refractivity contribution in [2.75, 3.05) is 19.0 Å². The Bertz CT molecular complexity index is 506. The lowest BCUT2D eigenvalue weighted by Gasteiger charge is -2.36. The predicted octanol–water partition coefficient (Wildman–Crippen LogP) is 1.84. The average Bonchev–Trinajstić information content (AvgIpc) is 2.39. The van der Waals surface area contributed by atoms with Gasteiger partial charge in [-0.3, -0.25) is 0 Å². The second kappa shape index (κ2) is 6.22. The number of rotatable bonds is 4. The molecule has 6 heteroatoms. The molecule has 1 saturated heterocycles. The van der Waals surface area contributed by atoms with E-state index in [-0.39, 0.29) is 17.9 Å². The van der Waals surface area contributed by atoms with Crippen molar-refractivity contribution in [2.45, 2.75) is 24.8 Å². The molecule has 0 saturated carbocycles. The van der Waals surface area contributed by atoms with Crippen LogP contribution < -0.4 is 0 Å². The van der Waals surface area contributed by atoms with Crippen LogP contribution in [-0.2, 0) is 20.5 Å². The number of hydrogen-bond donors (Lipinski definition) is 0. The van der Waals surface area contributed by atoms with Crippen molar-refractivity contribution < 1.29 is 13.2 Å². The minimum absolute atomic E-state index is 0.0210. The Kier molecular flexibility index (Phi) is 4.84. The summed E-state index contributed by atoms with van der Waals surface area (Å²) in [5.41, 5.74) is 0.795. The van der Waals surface area contributed by atoms with Gasteiger partial charge in [0.25, 0.3) is 0 Å². The van der Waals surface area contributed by atoms with E-state index in [1.807, 2.05) is 37.3 Å². The molecule has 0 amide bonds. The molecule has 0 N–H and O–H groups in total. The van der Waals surface area contributed by atoms with Gasteiger partial charge in [0.05, 0.1) is 18.5 Å². The lowest BCUT2D eigenvalue weighted by Crippen LogP contribution is -2.51. The van der Waals surface area contributed by atoms with Crippen LogP contribution in [0.4, 0.5) is 0 Å². The van der Waals surface area contributed by atoms with Gasteiger partial charge in [-0.2, -0.15) is 4.31 Å². The van der Waals surface area contributed by atoms with Crippen LogP contribution >= 0.6 is 11.6 Å². The number of sulfonamides is 1. The van der Waals surface area contributed by atoms with Gasteiger partial charge in [-0.25, -0.2) is 8.42 Å². The first-order valence-electron chi connectivity index (χ1n) is 6.24. The molecule has 0 bridgehead atoms. The van der Waals surface area contributed by atoms with E-state index in [0.717, 1.165) is 5.56 Å². The van der Waals surface area contributed by atoms with Crippen molar-refractivity contribution in [3.8, 4) is 0 Å². The SMILES string of the molecule is CC1COC(CCl)CN1S(=O)(=O)Cc1ccccc1. The standard InChI is InChI=1S/C13H18ClNO3S/c1-11-9-18-13(7-14)8-15(11)19(16,17)10-12-5-3-2-4-6-12/h2-6,11,13H,7-10H2,1H3. The van der Waals surface area contributed by atoms with Crippen molar-refractivity contribution in [1.29, 1.82) is 0 Å². The topological polar surface area (TPSA) is 46.6 Å². The van der Waals surface area contributed by atoms with Crippen molar-refractivity contribution in [1.82, 2.24) is 4.31 Å². The maximum atomic E-state index is 12.5. The van der Waals surface area contributed by atoms with Crippen LogP contribution in [0.1, 0.15) is 12.5 Å². The Hall–Kier alpha value is -0.620. The summed E-state index contributed by atoms with van der Waals surface area (Å²) >= 11 is 5.76. The Morgan fingerprint density at radius 2 is 2.05 bits per heavy atom. The summed E-state index contributed by atoms with van der Waals surface area (Å²) in [6, 6.07) is 9.05. The highest BCUT2D eigenvalue weighted by Crippen LogP contribution is 2.20. The number of nitrogens with zero attached hydrogens (tertiary/aromatic N) is 1. The molecule has 0 radical (unpaired) electrons. The van der Waals surface area contributed by atoms with E-state index in [9.17, 15) is 8.42 Å². The molecule has 1 heterocycles. The van der Waals surface area contributed by atoms with E-state index in [0.29, 0.717) is 19.0 Å². The number of halogens is 1. The van der Waals surface area contributed by atoms with Gasteiger partial charge in [-0.1, -0.05) is 30.3 Å². The van der Waals surface area contributed by atoms with Crippen LogP contribution in [0.5, 0.6) is 0 Å². The van der Waals surface area contributed by atoms with E-state index in [4.69, 9.17) is 16.3 Å². The van der Waals surface area contributed by atoms with Crippen LogP contribution in [0, 0.1) is 0 Å². The molecule has 2 atom stereocenters. The van der Waals surface area contributed by atoms with Gasteiger partial charge < -0.3 is 4.74 Å². The largest absolute Gasteiger partial charge is 0.374 e. The zero-order valence-electron chi connectivity index (χ0n) is 10.8. The summed E-state index contributed by atoms with van der Waals surface area (Å²) in [5.74, 6) is 0.331. The number of benzene rings is 1. The third-order valence-corrected chi connectivity index (χ3v) is 5.44. The maximum absolute atomic E-state index is 12.5. The molecular formula is C13H18ClNO3S. The predicted molar refractivity (Wildman–Crippen MR) is 75.7 cm³/mol. The summed E-state index contributed by atoms with van der Waals surface area (Å²) in [7, 11) is -3.33. The minimum Gasteiger partial charge on any atom is -0.374 e. The lowest BCUT2D eigenvalue weighted by atomic mass is 10.2. The van der Waals surface area contributed by atoms with Crippen LogP contribution in [-0.4, -0.2) is 43.9 Å². The van der Waals surface area contributed by atoms with Crippen LogP contribution in [0.15, 0.2) is 30.3 Å². The second-order valence-corrected chi connectivity index (χ2v) is 7.00. The van der Waals surface area contributed by atoms with E-state index in [1.54, 1.807) is 0 Å². The molecule has 2 rings (SSSR count). The molecule has 2 unspecified atom stereocenters. The number of morpholine rings is 1. The fourth-order valence-electron chi connectivity index (χ4n) is 2.14. The molecule has 0 spiro atoms. The number of hydrogen-bond acceptors (Lipinski definition) is 3. The van der Waals surface area contributed by atoms with Gasteiger partial charge in [-0.15, -0.1) is 11.6 Å². The first kappa shape index (κ1) is 14.8. The molecule has 19 heavy (non-hydrogen) atoms. The second-order valence-electron chi connectivity index (χ2n) is 4.77. The summed E-state index contributed by atoms with van der Waals surface area (Å²) < 4.78 is 31.9. The first-order valence-corrected chi connectivity index (χ1v) is 8.38. The van der Waals surface area contributed by atoms with E-state index < -0.39 is 10.0 Å². The summed E-state index contributed by atoms with van der Waals surface area (Å²) in [4.78, 5) is 0. The minimum atomic E-state index is -3.33. The van der Waals surface area contributed by atoms with Gasteiger partial charge in [0, 0.05) is 18.5 Å². The highest BCUT2D eigenvalue weighted by molar-refractivity contribution is 7.88. The Balaban J connectivity index is 2.14. The average molecular weight is 304 g/mol. The molecule has 1 aliphatic rings. The summed E-state index contributed by atoms with van der Waals surface area (Å²) in [5, 5.41) is 0. The van der Waals surface area contributed by atoms with Crippen LogP contribution in [0.25, 0.3) is 0 Å². The van der Waals surface area contributed by atoms with Gasteiger partial charge in [-0.05, 0) is 12.5 Å². The highest BCUT2D eigenvalue weighted by atomic mass is 35.5. The monoisotopic (exact) mass is 303 g/mol. The maximum Gasteiger partial charge on any atom is 0.218 e. The van der Waals surface area contributed by atoms with Gasteiger partial charge >= 0.3 is 0 Å². The van der Waals surface area contributed by atoms with Crippen molar-refractivity contribution in [3.05, 3.63) is 35.9 Å². The molecule has 1 aromatic carbocycles. The van der Waals surface area contributed by atoms with Gasteiger partial charge in [0.1, 0.15) is 0 Å². The van der Waals surface area contributed by atoms with E-state index in [2.05, 4.69) is 0 Å². The summed E-state index contributed by atoms with van der Waals surface area (Å²) in [6.45, 7) is 2.58. The molecule has 0 aromatic heterocycles. The third-order valence-electron chi connectivity index (χ3n) is 3.17.